The fourth-order valence-electron chi connectivity index (χ4n) is 2.80. The van der Waals surface area contributed by atoms with E-state index in [4.69, 9.17) is 0 Å². The lowest BCUT2D eigenvalue weighted by Gasteiger charge is -2.39. The second-order valence-corrected chi connectivity index (χ2v) is 5.86. The van der Waals surface area contributed by atoms with Crippen LogP contribution in [0.25, 0.3) is 0 Å². The molecular weight excluding hydrogens is 242 g/mol. The zero-order chi connectivity index (χ0) is 13.3. The third-order valence-corrected chi connectivity index (χ3v) is 4.16. The molecule has 98 valence electrons. The van der Waals surface area contributed by atoms with Gasteiger partial charge in [0.1, 0.15) is 0 Å². The number of carbonyl (C=O) groups excluding carboxylic acids is 1. The molecule has 1 saturated heterocycles. The number of amides is 1. The van der Waals surface area contributed by atoms with E-state index in [1.54, 1.807) is 0 Å². The average Bonchev–Trinajstić information content (AvgIpc) is 2.32. The van der Waals surface area contributed by atoms with Crippen LogP contribution in [-0.4, -0.2) is 22.9 Å². The van der Waals surface area contributed by atoms with Crippen molar-refractivity contribution in [2.75, 3.05) is 0 Å². The summed E-state index contributed by atoms with van der Waals surface area (Å²) in [5.74, 6) is 0.156. The molecule has 1 fully saturated rings. The molecule has 0 bridgehead atoms. The van der Waals surface area contributed by atoms with E-state index in [-0.39, 0.29) is 5.91 Å². The zero-order valence-electron chi connectivity index (χ0n) is 11.3. The molecule has 1 heterocycles. The van der Waals surface area contributed by atoms with Crippen LogP contribution >= 0.6 is 12.6 Å². The van der Waals surface area contributed by atoms with Gasteiger partial charge in [0.15, 0.2) is 0 Å². The topological polar surface area (TPSA) is 20.3 Å². The summed E-state index contributed by atoms with van der Waals surface area (Å²) in [6.07, 6.45) is 3.43. The minimum absolute atomic E-state index is 0.156. The molecular formula is C15H21NOS. The molecule has 1 aliphatic heterocycles. The molecule has 0 unspecified atom stereocenters. The van der Waals surface area contributed by atoms with Crippen LogP contribution in [0.4, 0.5) is 0 Å². The molecule has 0 spiro atoms. The SMILES string of the molecule is Cc1ccc(S)cc1C(=O)N1[C@H](C)CCC[C@@H]1C. The largest absolute Gasteiger partial charge is 0.333 e. The number of thiol groups is 1. The molecule has 1 aromatic carbocycles. The first-order chi connectivity index (χ1) is 8.50. The molecule has 0 aliphatic carbocycles. The number of nitrogens with zero attached hydrogens (tertiary/aromatic N) is 1. The van der Waals surface area contributed by atoms with Crippen molar-refractivity contribution in [3.63, 3.8) is 0 Å². The Morgan fingerprint density at radius 1 is 1.28 bits per heavy atom. The van der Waals surface area contributed by atoms with E-state index in [2.05, 4.69) is 26.5 Å². The van der Waals surface area contributed by atoms with Crippen LogP contribution in [0, 0.1) is 6.92 Å². The van der Waals surface area contributed by atoms with Crippen LogP contribution < -0.4 is 0 Å². The van der Waals surface area contributed by atoms with E-state index in [9.17, 15) is 4.79 Å². The van der Waals surface area contributed by atoms with Crippen LogP contribution in [0.2, 0.25) is 0 Å². The van der Waals surface area contributed by atoms with E-state index in [0.29, 0.717) is 12.1 Å². The Labute approximate surface area is 115 Å². The molecule has 2 nitrogen and oxygen atoms in total. The van der Waals surface area contributed by atoms with Crippen molar-refractivity contribution >= 4 is 18.5 Å². The standard InChI is InChI=1S/C15H21NOS/c1-10-7-8-13(18)9-14(10)15(17)16-11(2)5-4-6-12(16)3/h7-9,11-12,18H,4-6H2,1-3H3/t11-,12+. The maximum Gasteiger partial charge on any atom is 0.254 e. The van der Waals surface area contributed by atoms with Gasteiger partial charge in [-0.2, -0.15) is 0 Å². The van der Waals surface area contributed by atoms with Crippen LogP contribution in [0.15, 0.2) is 23.1 Å². The highest BCUT2D eigenvalue weighted by Crippen LogP contribution is 2.26. The second kappa shape index (κ2) is 5.35. The van der Waals surface area contributed by atoms with E-state index in [1.807, 2.05) is 30.0 Å². The van der Waals surface area contributed by atoms with Gasteiger partial charge in [-0.15, -0.1) is 12.6 Å². The Kier molecular flexibility index (Phi) is 4.00. The molecule has 3 heteroatoms. The smallest absolute Gasteiger partial charge is 0.254 e. The maximum absolute atomic E-state index is 12.7. The first kappa shape index (κ1) is 13.5. The number of hydrogen-bond donors (Lipinski definition) is 1. The van der Waals surface area contributed by atoms with Gasteiger partial charge in [-0.3, -0.25) is 4.79 Å². The van der Waals surface area contributed by atoms with Gasteiger partial charge in [0, 0.05) is 22.5 Å². The molecule has 0 radical (unpaired) electrons. The van der Waals surface area contributed by atoms with Crippen molar-refractivity contribution in [3.8, 4) is 0 Å². The lowest BCUT2D eigenvalue weighted by Crippen LogP contribution is -2.47. The van der Waals surface area contributed by atoms with E-state index >= 15 is 0 Å². The summed E-state index contributed by atoms with van der Waals surface area (Å²) in [6.45, 7) is 6.28. The quantitative estimate of drug-likeness (QED) is 0.766. The minimum Gasteiger partial charge on any atom is -0.333 e. The number of rotatable bonds is 1. The fraction of sp³-hybridized carbons (Fsp3) is 0.533. The minimum atomic E-state index is 0.156. The highest BCUT2D eigenvalue weighted by molar-refractivity contribution is 7.80. The highest BCUT2D eigenvalue weighted by Gasteiger charge is 2.30. The van der Waals surface area contributed by atoms with Crippen molar-refractivity contribution in [3.05, 3.63) is 29.3 Å². The molecule has 2 rings (SSSR count). The van der Waals surface area contributed by atoms with E-state index < -0.39 is 0 Å². The third-order valence-electron chi connectivity index (χ3n) is 3.88. The first-order valence-corrected chi connectivity index (χ1v) is 7.07. The molecule has 0 saturated carbocycles. The van der Waals surface area contributed by atoms with Crippen molar-refractivity contribution in [1.82, 2.24) is 4.90 Å². The van der Waals surface area contributed by atoms with E-state index in [1.165, 1.54) is 6.42 Å². The zero-order valence-corrected chi connectivity index (χ0v) is 12.2. The highest BCUT2D eigenvalue weighted by atomic mass is 32.1. The summed E-state index contributed by atoms with van der Waals surface area (Å²) in [5.41, 5.74) is 1.82. The molecule has 0 aromatic heterocycles. The van der Waals surface area contributed by atoms with Gasteiger partial charge in [0.05, 0.1) is 0 Å². The van der Waals surface area contributed by atoms with Gasteiger partial charge in [-0.25, -0.2) is 0 Å². The third kappa shape index (κ3) is 2.56. The normalized spacial score (nSPS) is 24.1. The van der Waals surface area contributed by atoms with Gasteiger partial charge < -0.3 is 4.90 Å². The molecule has 2 atom stereocenters. The maximum atomic E-state index is 12.7. The summed E-state index contributed by atoms with van der Waals surface area (Å²) >= 11 is 4.33. The molecule has 1 amide bonds. The van der Waals surface area contributed by atoms with Crippen LogP contribution in [0.3, 0.4) is 0 Å². The Morgan fingerprint density at radius 3 is 2.50 bits per heavy atom. The Morgan fingerprint density at radius 2 is 1.89 bits per heavy atom. The van der Waals surface area contributed by atoms with Crippen LogP contribution in [0.5, 0.6) is 0 Å². The summed E-state index contributed by atoms with van der Waals surface area (Å²) in [4.78, 5) is 15.6. The van der Waals surface area contributed by atoms with Crippen molar-refractivity contribution < 1.29 is 4.79 Å². The van der Waals surface area contributed by atoms with Crippen molar-refractivity contribution in [1.29, 1.82) is 0 Å². The van der Waals surface area contributed by atoms with Gasteiger partial charge in [0.25, 0.3) is 5.91 Å². The molecule has 18 heavy (non-hydrogen) atoms. The second-order valence-electron chi connectivity index (χ2n) is 5.34. The number of aryl methyl sites for hydroxylation is 1. The van der Waals surface area contributed by atoms with Gasteiger partial charge in [-0.1, -0.05) is 6.07 Å². The Hall–Kier alpha value is -0.960. The van der Waals surface area contributed by atoms with Crippen molar-refractivity contribution in [2.45, 2.75) is 57.0 Å². The van der Waals surface area contributed by atoms with Crippen LogP contribution in [0.1, 0.15) is 49.0 Å². The lowest BCUT2D eigenvalue weighted by molar-refractivity contribution is 0.0510. The van der Waals surface area contributed by atoms with Crippen molar-refractivity contribution in [2.24, 2.45) is 0 Å². The van der Waals surface area contributed by atoms with Crippen LogP contribution in [-0.2, 0) is 0 Å². The Bertz CT molecular complexity index is 448. The lowest BCUT2D eigenvalue weighted by atomic mass is 9.95. The number of likely N-dealkylation sites (tertiary alicyclic amines) is 1. The number of piperidine rings is 1. The predicted molar refractivity (Wildman–Crippen MR) is 77.4 cm³/mol. The predicted octanol–water partition coefficient (Wildman–Crippen LogP) is 3.69. The van der Waals surface area contributed by atoms with E-state index in [0.717, 1.165) is 28.9 Å². The van der Waals surface area contributed by atoms with Gasteiger partial charge >= 0.3 is 0 Å². The fourth-order valence-corrected chi connectivity index (χ4v) is 3.00. The van der Waals surface area contributed by atoms with Gasteiger partial charge in [-0.05, 0) is 57.7 Å². The summed E-state index contributed by atoms with van der Waals surface area (Å²) in [5, 5.41) is 0. The Balaban J connectivity index is 2.32. The average molecular weight is 263 g/mol. The first-order valence-electron chi connectivity index (χ1n) is 6.63. The molecule has 1 aromatic rings. The molecule has 0 N–H and O–H groups in total. The molecule has 1 aliphatic rings. The summed E-state index contributed by atoms with van der Waals surface area (Å²) < 4.78 is 0. The summed E-state index contributed by atoms with van der Waals surface area (Å²) in [6, 6.07) is 6.45. The number of hydrogen-bond acceptors (Lipinski definition) is 2. The number of benzene rings is 1. The van der Waals surface area contributed by atoms with Gasteiger partial charge in [0.2, 0.25) is 0 Å². The monoisotopic (exact) mass is 263 g/mol. The summed E-state index contributed by atoms with van der Waals surface area (Å²) in [7, 11) is 0. The number of carbonyl (C=O) groups is 1.